The third-order valence-corrected chi connectivity index (χ3v) is 3.82. The number of amides is 1. The summed E-state index contributed by atoms with van der Waals surface area (Å²) < 4.78 is 0. The number of carbonyl (C=O) groups is 1. The molecule has 4 nitrogen and oxygen atoms in total. The molecular formula is C16H24N2O2. The standard InChI is InChI=1S/C16H24N2O2/c1-2-9-17-15-5-3-14(4-6-15)16(20)18-10-7-13(12-18)8-11-19/h3-6,13,17,19H,2,7-12H2,1H3. The molecule has 1 aliphatic rings. The smallest absolute Gasteiger partial charge is 0.253 e. The SMILES string of the molecule is CCCNc1ccc(C(=O)N2CCC(CCO)C2)cc1. The Hall–Kier alpha value is -1.55. The van der Waals surface area contributed by atoms with E-state index in [2.05, 4.69) is 12.2 Å². The molecule has 1 aliphatic heterocycles. The second-order valence-electron chi connectivity index (χ2n) is 5.42. The molecule has 0 bridgehead atoms. The van der Waals surface area contributed by atoms with Crippen LogP contribution in [0.3, 0.4) is 0 Å². The second-order valence-corrected chi connectivity index (χ2v) is 5.42. The molecular weight excluding hydrogens is 252 g/mol. The van der Waals surface area contributed by atoms with E-state index in [0.29, 0.717) is 5.92 Å². The minimum Gasteiger partial charge on any atom is -0.396 e. The summed E-state index contributed by atoms with van der Waals surface area (Å²) in [7, 11) is 0. The average molecular weight is 276 g/mol. The molecule has 0 radical (unpaired) electrons. The molecule has 1 fully saturated rings. The third kappa shape index (κ3) is 3.73. The quantitative estimate of drug-likeness (QED) is 0.838. The lowest BCUT2D eigenvalue weighted by atomic mass is 10.1. The van der Waals surface area contributed by atoms with Gasteiger partial charge >= 0.3 is 0 Å². The molecule has 110 valence electrons. The maximum Gasteiger partial charge on any atom is 0.253 e. The van der Waals surface area contributed by atoms with E-state index in [9.17, 15) is 4.79 Å². The van der Waals surface area contributed by atoms with Gasteiger partial charge in [-0.2, -0.15) is 0 Å². The Kier molecular flexibility index (Phi) is 5.41. The summed E-state index contributed by atoms with van der Waals surface area (Å²) in [6.45, 7) is 4.86. The molecule has 4 heteroatoms. The Labute approximate surface area is 120 Å². The molecule has 1 unspecified atom stereocenters. The monoisotopic (exact) mass is 276 g/mol. The number of aliphatic hydroxyl groups is 1. The van der Waals surface area contributed by atoms with Crippen molar-refractivity contribution in [2.45, 2.75) is 26.2 Å². The van der Waals surface area contributed by atoms with Gasteiger partial charge in [-0.05, 0) is 49.4 Å². The molecule has 0 saturated carbocycles. The molecule has 0 aliphatic carbocycles. The Morgan fingerprint density at radius 3 is 2.80 bits per heavy atom. The third-order valence-electron chi connectivity index (χ3n) is 3.82. The molecule has 1 aromatic rings. The minimum absolute atomic E-state index is 0.104. The van der Waals surface area contributed by atoms with E-state index in [1.807, 2.05) is 29.2 Å². The first kappa shape index (κ1) is 14.9. The summed E-state index contributed by atoms with van der Waals surface area (Å²) in [4.78, 5) is 14.3. The van der Waals surface area contributed by atoms with Crippen LogP contribution in [0.25, 0.3) is 0 Å². The van der Waals surface area contributed by atoms with Crippen LogP contribution in [0.2, 0.25) is 0 Å². The van der Waals surface area contributed by atoms with Crippen molar-refractivity contribution >= 4 is 11.6 Å². The fourth-order valence-electron chi connectivity index (χ4n) is 2.62. The van der Waals surface area contributed by atoms with Gasteiger partial charge in [-0.25, -0.2) is 0 Å². The highest BCUT2D eigenvalue weighted by molar-refractivity contribution is 5.94. The van der Waals surface area contributed by atoms with Gasteiger partial charge in [0.05, 0.1) is 0 Å². The van der Waals surface area contributed by atoms with Gasteiger partial charge in [-0.15, -0.1) is 0 Å². The molecule has 20 heavy (non-hydrogen) atoms. The number of carbonyl (C=O) groups excluding carboxylic acids is 1. The van der Waals surface area contributed by atoms with Crippen LogP contribution in [0.5, 0.6) is 0 Å². The van der Waals surface area contributed by atoms with E-state index in [1.165, 1.54) is 0 Å². The van der Waals surface area contributed by atoms with Gasteiger partial charge in [0.2, 0.25) is 0 Å². The van der Waals surface area contributed by atoms with Crippen LogP contribution in [0.4, 0.5) is 5.69 Å². The van der Waals surface area contributed by atoms with Crippen molar-refractivity contribution in [1.82, 2.24) is 4.90 Å². The number of anilines is 1. The topological polar surface area (TPSA) is 52.6 Å². The van der Waals surface area contributed by atoms with Crippen LogP contribution < -0.4 is 5.32 Å². The van der Waals surface area contributed by atoms with Crippen LogP contribution in [-0.2, 0) is 0 Å². The fraction of sp³-hybridized carbons (Fsp3) is 0.562. The summed E-state index contributed by atoms with van der Waals surface area (Å²) in [5, 5.41) is 12.3. The van der Waals surface area contributed by atoms with E-state index in [-0.39, 0.29) is 12.5 Å². The number of nitrogens with one attached hydrogen (secondary N) is 1. The second kappa shape index (κ2) is 7.29. The summed E-state index contributed by atoms with van der Waals surface area (Å²) in [6, 6.07) is 7.70. The van der Waals surface area contributed by atoms with Crippen LogP contribution in [0, 0.1) is 5.92 Å². The zero-order valence-electron chi connectivity index (χ0n) is 12.1. The van der Waals surface area contributed by atoms with Crippen molar-refractivity contribution < 1.29 is 9.90 Å². The van der Waals surface area contributed by atoms with Gasteiger partial charge in [0.15, 0.2) is 0 Å². The molecule has 1 atom stereocenters. The van der Waals surface area contributed by atoms with Crippen molar-refractivity contribution in [1.29, 1.82) is 0 Å². The molecule has 1 saturated heterocycles. The molecule has 2 rings (SSSR count). The minimum atomic E-state index is 0.104. The van der Waals surface area contributed by atoms with Gasteiger partial charge in [0.1, 0.15) is 0 Å². The van der Waals surface area contributed by atoms with Gasteiger partial charge in [0, 0.05) is 37.5 Å². The van der Waals surface area contributed by atoms with Gasteiger partial charge in [-0.3, -0.25) is 4.79 Å². The first-order chi connectivity index (χ1) is 9.74. The van der Waals surface area contributed by atoms with Crippen LogP contribution in [0.1, 0.15) is 36.5 Å². The van der Waals surface area contributed by atoms with Crippen molar-refractivity contribution in [3.8, 4) is 0 Å². The Morgan fingerprint density at radius 1 is 1.40 bits per heavy atom. The number of hydrogen-bond acceptors (Lipinski definition) is 3. The number of rotatable bonds is 6. The fourth-order valence-corrected chi connectivity index (χ4v) is 2.62. The lowest BCUT2D eigenvalue weighted by Crippen LogP contribution is -2.28. The van der Waals surface area contributed by atoms with Crippen molar-refractivity contribution in [3.63, 3.8) is 0 Å². The summed E-state index contributed by atoms with van der Waals surface area (Å²) in [6.07, 6.45) is 2.88. The van der Waals surface area contributed by atoms with Crippen LogP contribution in [-0.4, -0.2) is 42.2 Å². The average Bonchev–Trinajstić information content (AvgIpc) is 2.94. The predicted molar refractivity (Wildman–Crippen MR) is 80.9 cm³/mol. The van der Waals surface area contributed by atoms with Crippen LogP contribution in [0.15, 0.2) is 24.3 Å². The molecule has 1 heterocycles. The molecule has 1 amide bonds. The maximum atomic E-state index is 12.4. The number of nitrogens with zero attached hydrogens (tertiary/aromatic N) is 1. The zero-order chi connectivity index (χ0) is 14.4. The Morgan fingerprint density at radius 2 is 2.15 bits per heavy atom. The first-order valence-electron chi connectivity index (χ1n) is 7.48. The highest BCUT2D eigenvalue weighted by Crippen LogP contribution is 2.21. The summed E-state index contributed by atoms with van der Waals surface area (Å²) in [5.41, 5.74) is 1.81. The van der Waals surface area contributed by atoms with E-state index >= 15 is 0 Å². The van der Waals surface area contributed by atoms with Crippen molar-refractivity contribution in [2.24, 2.45) is 5.92 Å². The largest absolute Gasteiger partial charge is 0.396 e. The predicted octanol–water partition coefficient (Wildman–Crippen LogP) is 2.35. The molecule has 2 N–H and O–H groups in total. The van der Waals surface area contributed by atoms with Gasteiger partial charge in [0.25, 0.3) is 5.91 Å². The summed E-state index contributed by atoms with van der Waals surface area (Å²) in [5.74, 6) is 0.557. The van der Waals surface area contributed by atoms with Gasteiger partial charge < -0.3 is 15.3 Å². The highest BCUT2D eigenvalue weighted by Gasteiger charge is 2.26. The lowest BCUT2D eigenvalue weighted by Gasteiger charge is -2.16. The number of hydrogen-bond donors (Lipinski definition) is 2. The maximum absolute atomic E-state index is 12.4. The number of likely N-dealkylation sites (tertiary alicyclic amines) is 1. The first-order valence-corrected chi connectivity index (χ1v) is 7.48. The van der Waals surface area contributed by atoms with E-state index < -0.39 is 0 Å². The molecule has 0 spiro atoms. The van der Waals surface area contributed by atoms with Gasteiger partial charge in [-0.1, -0.05) is 6.92 Å². The van der Waals surface area contributed by atoms with E-state index in [0.717, 1.165) is 50.1 Å². The molecule has 1 aromatic carbocycles. The number of benzene rings is 1. The normalized spacial score (nSPS) is 18.3. The Balaban J connectivity index is 1.92. The van der Waals surface area contributed by atoms with Crippen molar-refractivity contribution in [2.75, 3.05) is 31.6 Å². The zero-order valence-corrected chi connectivity index (χ0v) is 12.1. The van der Waals surface area contributed by atoms with Crippen molar-refractivity contribution in [3.05, 3.63) is 29.8 Å². The van der Waals surface area contributed by atoms with E-state index in [1.54, 1.807) is 0 Å². The highest BCUT2D eigenvalue weighted by atomic mass is 16.3. The lowest BCUT2D eigenvalue weighted by molar-refractivity contribution is 0.0785. The van der Waals surface area contributed by atoms with Crippen LogP contribution >= 0.6 is 0 Å². The van der Waals surface area contributed by atoms with E-state index in [4.69, 9.17) is 5.11 Å². The number of aliphatic hydroxyl groups excluding tert-OH is 1. The summed E-state index contributed by atoms with van der Waals surface area (Å²) >= 11 is 0. The Bertz CT molecular complexity index is 431. The molecule has 0 aromatic heterocycles.